The number of nitrogens with zero attached hydrogens (tertiary/aromatic N) is 1. The fourth-order valence-electron chi connectivity index (χ4n) is 1.68. The maximum Gasteiger partial charge on any atom is 0.274 e. The number of carbonyl (C=O) groups is 1. The lowest BCUT2D eigenvalue weighted by Crippen LogP contribution is -2.16. The number of pyridine rings is 1. The van der Waals surface area contributed by atoms with E-state index in [1.165, 1.54) is 0 Å². The molecule has 0 bridgehead atoms. The molecule has 0 aliphatic heterocycles. The van der Waals surface area contributed by atoms with Crippen molar-refractivity contribution < 1.29 is 9.53 Å². The minimum atomic E-state index is -0.293. The van der Waals surface area contributed by atoms with E-state index in [1.807, 2.05) is 13.0 Å². The average molecular weight is 257 g/mol. The van der Waals surface area contributed by atoms with Crippen LogP contribution in [0.4, 0.5) is 11.4 Å². The average Bonchev–Trinajstić information content (AvgIpc) is 2.41. The van der Waals surface area contributed by atoms with Crippen LogP contribution in [0.3, 0.4) is 0 Å². The molecule has 1 amide bonds. The summed E-state index contributed by atoms with van der Waals surface area (Å²) in [7, 11) is 1.56. The number of methoxy groups -OCH3 is 1. The monoisotopic (exact) mass is 257 g/mol. The number of hydrogen-bond acceptors (Lipinski definition) is 4. The van der Waals surface area contributed by atoms with Gasteiger partial charge in [-0.05, 0) is 30.7 Å². The summed E-state index contributed by atoms with van der Waals surface area (Å²) in [4.78, 5) is 16.2. The third kappa shape index (κ3) is 2.82. The fraction of sp³-hybridized carbons (Fsp3) is 0.143. The van der Waals surface area contributed by atoms with Crippen LogP contribution in [0, 0.1) is 6.92 Å². The lowest BCUT2D eigenvalue weighted by Gasteiger charge is -2.10. The Morgan fingerprint density at radius 3 is 2.84 bits per heavy atom. The Balaban J connectivity index is 2.26. The molecule has 0 unspecified atom stereocenters. The van der Waals surface area contributed by atoms with Gasteiger partial charge in [-0.25, -0.2) is 0 Å². The molecule has 98 valence electrons. The summed E-state index contributed by atoms with van der Waals surface area (Å²) in [5.74, 6) is 0.334. The minimum absolute atomic E-state index is 0.293. The number of benzene rings is 1. The molecule has 0 spiro atoms. The number of aromatic nitrogens is 1. The molecule has 0 saturated carbocycles. The van der Waals surface area contributed by atoms with Gasteiger partial charge in [0.25, 0.3) is 5.91 Å². The second-order valence-corrected chi connectivity index (χ2v) is 4.08. The van der Waals surface area contributed by atoms with Gasteiger partial charge in [-0.3, -0.25) is 9.78 Å². The zero-order valence-corrected chi connectivity index (χ0v) is 10.8. The highest BCUT2D eigenvalue weighted by Crippen LogP contribution is 2.24. The molecule has 5 heteroatoms. The Labute approximate surface area is 111 Å². The molecular weight excluding hydrogens is 242 g/mol. The van der Waals surface area contributed by atoms with Crippen molar-refractivity contribution in [3.8, 4) is 5.75 Å². The highest BCUT2D eigenvalue weighted by molar-refractivity contribution is 6.05. The van der Waals surface area contributed by atoms with E-state index < -0.39 is 0 Å². The van der Waals surface area contributed by atoms with Crippen LogP contribution >= 0.6 is 0 Å². The van der Waals surface area contributed by atoms with Crippen molar-refractivity contribution in [3.05, 3.63) is 47.8 Å². The van der Waals surface area contributed by atoms with E-state index in [-0.39, 0.29) is 5.91 Å². The van der Waals surface area contributed by atoms with Crippen LogP contribution in [0.2, 0.25) is 0 Å². The smallest absolute Gasteiger partial charge is 0.274 e. The first-order valence-corrected chi connectivity index (χ1v) is 5.78. The molecule has 5 nitrogen and oxygen atoms in total. The van der Waals surface area contributed by atoms with Crippen molar-refractivity contribution in [2.75, 3.05) is 18.2 Å². The van der Waals surface area contributed by atoms with Crippen molar-refractivity contribution in [2.24, 2.45) is 0 Å². The molecule has 0 aliphatic rings. The third-order valence-electron chi connectivity index (χ3n) is 2.73. The molecule has 0 atom stereocenters. The van der Waals surface area contributed by atoms with Crippen molar-refractivity contribution in [1.82, 2.24) is 4.98 Å². The number of hydrogen-bond donors (Lipinski definition) is 2. The van der Waals surface area contributed by atoms with Crippen molar-refractivity contribution in [2.45, 2.75) is 6.92 Å². The lowest BCUT2D eigenvalue weighted by atomic mass is 10.2. The van der Waals surface area contributed by atoms with E-state index in [4.69, 9.17) is 10.5 Å². The highest BCUT2D eigenvalue weighted by Gasteiger charge is 2.12. The first kappa shape index (κ1) is 12.9. The number of rotatable bonds is 3. The summed E-state index contributed by atoms with van der Waals surface area (Å²) >= 11 is 0. The Kier molecular flexibility index (Phi) is 3.66. The van der Waals surface area contributed by atoms with Crippen LogP contribution in [0.5, 0.6) is 5.75 Å². The highest BCUT2D eigenvalue weighted by atomic mass is 16.5. The molecule has 1 aromatic heterocycles. The molecule has 0 aliphatic carbocycles. The van der Waals surface area contributed by atoms with Gasteiger partial charge in [-0.2, -0.15) is 0 Å². The maximum absolute atomic E-state index is 12.1. The first-order valence-electron chi connectivity index (χ1n) is 5.78. The zero-order chi connectivity index (χ0) is 13.8. The number of anilines is 2. The van der Waals surface area contributed by atoms with Gasteiger partial charge in [0, 0.05) is 12.3 Å². The van der Waals surface area contributed by atoms with Gasteiger partial charge < -0.3 is 15.8 Å². The summed E-state index contributed by atoms with van der Waals surface area (Å²) in [6, 6.07) is 8.70. The van der Waals surface area contributed by atoms with E-state index in [9.17, 15) is 4.79 Å². The number of carbonyl (C=O) groups excluding carboxylic acids is 1. The summed E-state index contributed by atoms with van der Waals surface area (Å²) in [5, 5.41) is 2.74. The quantitative estimate of drug-likeness (QED) is 0.827. The SMILES string of the molecule is COc1ccc(N)c(NC(=O)c2ncccc2C)c1. The molecule has 2 aromatic rings. The first-order chi connectivity index (χ1) is 9.11. The Morgan fingerprint density at radius 1 is 1.37 bits per heavy atom. The molecule has 1 heterocycles. The standard InChI is InChI=1S/C14H15N3O2/c1-9-4-3-7-16-13(9)14(18)17-12-8-10(19-2)5-6-11(12)15/h3-8H,15H2,1-2H3,(H,17,18). The molecule has 0 radical (unpaired) electrons. The molecule has 0 saturated heterocycles. The van der Waals surface area contributed by atoms with E-state index in [2.05, 4.69) is 10.3 Å². The summed E-state index contributed by atoms with van der Waals surface area (Å²) in [6.45, 7) is 1.83. The van der Waals surface area contributed by atoms with Gasteiger partial charge in [0.05, 0.1) is 18.5 Å². The Bertz CT molecular complexity index is 611. The molecule has 2 rings (SSSR count). The third-order valence-corrected chi connectivity index (χ3v) is 2.73. The van der Waals surface area contributed by atoms with Gasteiger partial charge in [-0.15, -0.1) is 0 Å². The Morgan fingerprint density at radius 2 is 2.16 bits per heavy atom. The van der Waals surface area contributed by atoms with Crippen molar-refractivity contribution >= 4 is 17.3 Å². The van der Waals surface area contributed by atoms with Gasteiger partial charge in [-0.1, -0.05) is 6.07 Å². The Hall–Kier alpha value is -2.56. The van der Waals surface area contributed by atoms with E-state index in [0.29, 0.717) is 22.8 Å². The van der Waals surface area contributed by atoms with E-state index >= 15 is 0 Å². The van der Waals surface area contributed by atoms with E-state index in [1.54, 1.807) is 37.6 Å². The molecule has 19 heavy (non-hydrogen) atoms. The number of ether oxygens (including phenoxy) is 1. The predicted octanol–water partition coefficient (Wildman–Crippen LogP) is 2.23. The summed E-state index contributed by atoms with van der Waals surface area (Å²) < 4.78 is 5.10. The lowest BCUT2D eigenvalue weighted by molar-refractivity contribution is 0.102. The second kappa shape index (κ2) is 5.39. The normalized spacial score (nSPS) is 10.0. The minimum Gasteiger partial charge on any atom is -0.497 e. The van der Waals surface area contributed by atoms with Crippen LogP contribution in [-0.2, 0) is 0 Å². The maximum atomic E-state index is 12.1. The molecular formula is C14H15N3O2. The van der Waals surface area contributed by atoms with E-state index in [0.717, 1.165) is 5.56 Å². The number of amides is 1. The number of nitrogens with one attached hydrogen (secondary N) is 1. The van der Waals surface area contributed by atoms with Crippen LogP contribution in [0.25, 0.3) is 0 Å². The summed E-state index contributed by atoms with van der Waals surface area (Å²) in [6.07, 6.45) is 1.58. The van der Waals surface area contributed by atoms with Crippen molar-refractivity contribution in [3.63, 3.8) is 0 Å². The second-order valence-electron chi connectivity index (χ2n) is 4.08. The number of nitrogen functional groups attached to an aromatic ring is 1. The molecule has 3 N–H and O–H groups in total. The molecule has 1 aromatic carbocycles. The van der Waals surface area contributed by atoms with Gasteiger partial charge in [0.2, 0.25) is 0 Å². The zero-order valence-electron chi connectivity index (χ0n) is 10.8. The predicted molar refractivity (Wildman–Crippen MR) is 74.3 cm³/mol. The van der Waals surface area contributed by atoms with Crippen LogP contribution in [-0.4, -0.2) is 18.0 Å². The van der Waals surface area contributed by atoms with Gasteiger partial charge in [0.1, 0.15) is 11.4 Å². The van der Waals surface area contributed by atoms with Crippen molar-refractivity contribution in [1.29, 1.82) is 0 Å². The van der Waals surface area contributed by atoms with Crippen LogP contribution < -0.4 is 15.8 Å². The van der Waals surface area contributed by atoms with Gasteiger partial charge in [0.15, 0.2) is 0 Å². The summed E-state index contributed by atoms with van der Waals surface area (Å²) in [5.41, 5.74) is 7.99. The number of nitrogens with two attached hydrogens (primary N) is 1. The topological polar surface area (TPSA) is 77.2 Å². The van der Waals surface area contributed by atoms with Gasteiger partial charge >= 0.3 is 0 Å². The van der Waals surface area contributed by atoms with Crippen LogP contribution in [0.1, 0.15) is 16.1 Å². The molecule has 0 fully saturated rings. The van der Waals surface area contributed by atoms with Crippen LogP contribution in [0.15, 0.2) is 36.5 Å². The largest absolute Gasteiger partial charge is 0.497 e. The fourth-order valence-corrected chi connectivity index (χ4v) is 1.68. The number of aryl methyl sites for hydroxylation is 1.